The summed E-state index contributed by atoms with van der Waals surface area (Å²) in [6.07, 6.45) is 3.37. The number of hydrogen-bond acceptors (Lipinski definition) is 4. The van der Waals surface area contributed by atoms with E-state index in [2.05, 4.69) is 113 Å². The molecule has 44 heavy (non-hydrogen) atoms. The van der Waals surface area contributed by atoms with Gasteiger partial charge in [-0.2, -0.15) is 0 Å². The third kappa shape index (κ3) is 4.79. The van der Waals surface area contributed by atoms with Crippen molar-refractivity contribution in [2.75, 3.05) is 0 Å². The summed E-state index contributed by atoms with van der Waals surface area (Å²) >= 11 is 0. The molecule has 2 aromatic heterocycles. The predicted molar refractivity (Wildman–Crippen MR) is 180 cm³/mol. The van der Waals surface area contributed by atoms with E-state index in [0.29, 0.717) is 5.82 Å². The second-order valence-electron chi connectivity index (χ2n) is 10.8. The molecule has 8 aromatic rings. The van der Waals surface area contributed by atoms with Crippen molar-refractivity contribution in [3.8, 4) is 56.3 Å². The summed E-state index contributed by atoms with van der Waals surface area (Å²) in [5, 5.41) is 4.86. The van der Waals surface area contributed by atoms with Crippen LogP contribution in [0.4, 0.5) is 0 Å². The molecule has 0 aliphatic heterocycles. The molecule has 0 radical (unpaired) electrons. The van der Waals surface area contributed by atoms with E-state index < -0.39 is 0 Å². The predicted octanol–water partition coefficient (Wildman–Crippen LogP) is 9.91. The highest BCUT2D eigenvalue weighted by Gasteiger charge is 2.16. The fourth-order valence-electron chi connectivity index (χ4n) is 5.90. The highest BCUT2D eigenvalue weighted by Crippen LogP contribution is 2.38. The first-order chi connectivity index (χ1) is 21.8. The third-order valence-corrected chi connectivity index (χ3v) is 8.01. The number of hydrogen-bond donors (Lipinski definition) is 0. The summed E-state index contributed by atoms with van der Waals surface area (Å²) in [5.74, 6) is 0.660. The average Bonchev–Trinajstić information content (AvgIpc) is 3.12. The molecule has 0 fully saturated rings. The van der Waals surface area contributed by atoms with Gasteiger partial charge >= 0.3 is 0 Å². The van der Waals surface area contributed by atoms with Crippen LogP contribution in [0.1, 0.15) is 0 Å². The topological polar surface area (TPSA) is 51.6 Å². The summed E-state index contributed by atoms with van der Waals surface area (Å²) < 4.78 is 0. The van der Waals surface area contributed by atoms with Crippen LogP contribution < -0.4 is 0 Å². The summed E-state index contributed by atoms with van der Waals surface area (Å²) in [4.78, 5) is 19.0. The van der Waals surface area contributed by atoms with Gasteiger partial charge in [-0.25, -0.2) is 19.9 Å². The monoisotopic (exact) mass is 562 g/mol. The van der Waals surface area contributed by atoms with Crippen LogP contribution in [0.15, 0.2) is 158 Å². The average molecular weight is 563 g/mol. The van der Waals surface area contributed by atoms with Gasteiger partial charge in [0.15, 0.2) is 5.82 Å². The van der Waals surface area contributed by atoms with Crippen LogP contribution in [0, 0.1) is 0 Å². The minimum atomic E-state index is 0.660. The molecule has 0 saturated heterocycles. The van der Waals surface area contributed by atoms with E-state index in [1.54, 1.807) is 12.5 Å². The maximum absolute atomic E-state index is 5.14. The van der Waals surface area contributed by atoms with Crippen molar-refractivity contribution in [3.05, 3.63) is 158 Å². The van der Waals surface area contributed by atoms with Crippen LogP contribution in [0.5, 0.6) is 0 Å². The largest absolute Gasteiger partial charge is 0.245 e. The molecule has 4 nitrogen and oxygen atoms in total. The van der Waals surface area contributed by atoms with E-state index in [1.165, 1.54) is 21.5 Å². The van der Waals surface area contributed by atoms with Crippen LogP contribution in [-0.4, -0.2) is 19.9 Å². The van der Waals surface area contributed by atoms with Crippen molar-refractivity contribution in [1.82, 2.24) is 19.9 Å². The van der Waals surface area contributed by atoms with Gasteiger partial charge < -0.3 is 0 Å². The summed E-state index contributed by atoms with van der Waals surface area (Å²) in [7, 11) is 0. The maximum Gasteiger partial charge on any atom is 0.160 e. The van der Waals surface area contributed by atoms with E-state index >= 15 is 0 Å². The fraction of sp³-hybridized carbons (Fsp3) is 0. The third-order valence-electron chi connectivity index (χ3n) is 8.01. The lowest BCUT2D eigenvalue weighted by Gasteiger charge is -2.15. The lowest BCUT2D eigenvalue weighted by molar-refractivity contribution is 1.17. The van der Waals surface area contributed by atoms with Crippen LogP contribution in [0.2, 0.25) is 0 Å². The second kappa shape index (κ2) is 11.0. The lowest BCUT2D eigenvalue weighted by Crippen LogP contribution is -1.97. The standard InChI is InChI=1S/C40H26N4/c1-3-11-27(12-4-1)38-25-39(28-13-5-2-6-14-28)44-40(43-38)32-22-30(21-31(23-32)37-19-20-41-26-42-37)36-24-29-15-7-8-16-33(29)34-17-9-10-18-35(34)36/h1-26H. The zero-order valence-electron chi connectivity index (χ0n) is 23.8. The maximum atomic E-state index is 5.14. The number of benzene rings is 6. The van der Waals surface area contributed by atoms with E-state index in [9.17, 15) is 0 Å². The summed E-state index contributed by atoms with van der Waals surface area (Å²) in [5.41, 5.74) is 8.80. The molecular weight excluding hydrogens is 536 g/mol. The first-order valence-corrected chi connectivity index (χ1v) is 14.6. The Morgan fingerprint density at radius 2 is 0.977 bits per heavy atom. The van der Waals surface area contributed by atoms with Gasteiger partial charge in [-0.3, -0.25) is 0 Å². The van der Waals surface area contributed by atoms with Crippen LogP contribution in [-0.2, 0) is 0 Å². The molecule has 0 aliphatic rings. The Balaban J connectivity index is 1.41. The Hall–Kier alpha value is -6.00. The van der Waals surface area contributed by atoms with Crippen LogP contribution in [0.3, 0.4) is 0 Å². The quantitative estimate of drug-likeness (QED) is 0.196. The number of aromatic nitrogens is 4. The zero-order valence-corrected chi connectivity index (χ0v) is 23.8. The van der Waals surface area contributed by atoms with Gasteiger partial charge in [0.2, 0.25) is 0 Å². The molecule has 6 aromatic carbocycles. The molecular formula is C40H26N4. The van der Waals surface area contributed by atoms with Crippen molar-refractivity contribution < 1.29 is 0 Å². The van der Waals surface area contributed by atoms with Gasteiger partial charge in [0.05, 0.1) is 17.1 Å². The van der Waals surface area contributed by atoms with Gasteiger partial charge in [-0.05, 0) is 69.1 Å². The minimum Gasteiger partial charge on any atom is -0.245 e. The van der Waals surface area contributed by atoms with Crippen molar-refractivity contribution in [2.45, 2.75) is 0 Å². The Morgan fingerprint density at radius 3 is 1.66 bits per heavy atom. The normalized spacial score (nSPS) is 11.2. The SMILES string of the molecule is c1ccc(-c2cc(-c3ccccc3)nc(-c3cc(-c4ccncn4)cc(-c4cc5ccccc5c5ccccc45)c3)n2)cc1. The summed E-state index contributed by atoms with van der Waals surface area (Å²) in [6, 6.07) is 50.6. The Labute approximate surface area is 255 Å². The van der Waals surface area contributed by atoms with Crippen LogP contribution >= 0.6 is 0 Å². The van der Waals surface area contributed by atoms with Gasteiger partial charge in [-0.15, -0.1) is 0 Å². The van der Waals surface area contributed by atoms with Gasteiger partial charge in [0.25, 0.3) is 0 Å². The van der Waals surface area contributed by atoms with Crippen molar-refractivity contribution in [1.29, 1.82) is 0 Å². The number of fused-ring (bicyclic) bond motifs is 3. The Bertz CT molecular complexity index is 2210. The molecule has 0 aliphatic carbocycles. The van der Waals surface area contributed by atoms with Gasteiger partial charge in [-0.1, -0.05) is 109 Å². The molecule has 2 heterocycles. The van der Waals surface area contributed by atoms with E-state index in [1.807, 2.05) is 42.5 Å². The van der Waals surface area contributed by atoms with Crippen molar-refractivity contribution in [3.63, 3.8) is 0 Å². The zero-order chi connectivity index (χ0) is 29.3. The number of nitrogens with zero attached hydrogens (tertiary/aromatic N) is 4. The lowest BCUT2D eigenvalue weighted by atomic mass is 9.91. The smallest absolute Gasteiger partial charge is 0.160 e. The first-order valence-electron chi connectivity index (χ1n) is 14.6. The fourth-order valence-corrected chi connectivity index (χ4v) is 5.90. The molecule has 0 spiro atoms. The first kappa shape index (κ1) is 25.7. The molecule has 0 bridgehead atoms. The van der Waals surface area contributed by atoms with Gasteiger partial charge in [0, 0.05) is 28.5 Å². The van der Waals surface area contributed by atoms with E-state index in [-0.39, 0.29) is 0 Å². The molecule has 0 unspecified atom stereocenters. The molecule has 0 N–H and O–H groups in total. The highest BCUT2D eigenvalue weighted by molar-refractivity contribution is 6.14. The summed E-state index contributed by atoms with van der Waals surface area (Å²) in [6.45, 7) is 0. The molecule has 0 atom stereocenters. The molecule has 206 valence electrons. The van der Waals surface area contributed by atoms with E-state index in [0.717, 1.165) is 50.5 Å². The molecule has 0 amide bonds. The molecule has 0 saturated carbocycles. The van der Waals surface area contributed by atoms with Crippen molar-refractivity contribution in [2.24, 2.45) is 0 Å². The van der Waals surface area contributed by atoms with Crippen molar-refractivity contribution >= 4 is 21.5 Å². The molecule has 4 heteroatoms. The second-order valence-corrected chi connectivity index (χ2v) is 10.8. The molecule has 8 rings (SSSR count). The van der Waals surface area contributed by atoms with E-state index in [4.69, 9.17) is 9.97 Å². The highest BCUT2D eigenvalue weighted by atomic mass is 14.9. The minimum absolute atomic E-state index is 0.660. The number of rotatable bonds is 5. The van der Waals surface area contributed by atoms with Crippen LogP contribution in [0.25, 0.3) is 77.8 Å². The Kier molecular flexibility index (Phi) is 6.43. The Morgan fingerprint density at radius 1 is 0.386 bits per heavy atom. The van der Waals surface area contributed by atoms with Gasteiger partial charge in [0.1, 0.15) is 6.33 Å².